The highest BCUT2D eigenvalue weighted by atomic mass is 16.5. The van der Waals surface area contributed by atoms with E-state index >= 15 is 0 Å². The van der Waals surface area contributed by atoms with Crippen LogP contribution in [0.1, 0.15) is 24.1 Å². The van der Waals surface area contributed by atoms with Crippen LogP contribution in [0.4, 0.5) is 11.5 Å². The molecule has 0 atom stereocenters. The van der Waals surface area contributed by atoms with Gasteiger partial charge in [0.15, 0.2) is 5.82 Å². The number of anilines is 2. The Morgan fingerprint density at radius 1 is 1.23 bits per heavy atom. The van der Waals surface area contributed by atoms with Gasteiger partial charge < -0.3 is 15.0 Å². The van der Waals surface area contributed by atoms with Gasteiger partial charge in [0, 0.05) is 31.3 Å². The molecule has 1 N–H and O–H groups in total. The number of aromatic nitrogens is 2. The summed E-state index contributed by atoms with van der Waals surface area (Å²) in [5, 5.41) is 7.68. The van der Waals surface area contributed by atoms with Crippen LogP contribution in [0.3, 0.4) is 0 Å². The van der Waals surface area contributed by atoms with Crippen molar-refractivity contribution in [2.24, 2.45) is 7.05 Å². The van der Waals surface area contributed by atoms with Gasteiger partial charge in [-0.25, -0.2) is 0 Å². The van der Waals surface area contributed by atoms with E-state index < -0.39 is 0 Å². The molecule has 4 rings (SSSR count). The minimum Gasteiger partial charge on any atom is -0.464 e. The van der Waals surface area contributed by atoms with Crippen LogP contribution < -0.4 is 15.0 Å². The van der Waals surface area contributed by atoms with Crippen LogP contribution in [0.5, 0.6) is 5.75 Å². The summed E-state index contributed by atoms with van der Waals surface area (Å²) in [7, 11) is 1.90. The van der Waals surface area contributed by atoms with Crippen LogP contribution in [0.25, 0.3) is 6.08 Å². The van der Waals surface area contributed by atoms with Crippen LogP contribution in [0.15, 0.2) is 42.2 Å². The maximum atomic E-state index is 12.9. The first kappa shape index (κ1) is 16.4. The van der Waals surface area contributed by atoms with Crippen molar-refractivity contribution in [3.8, 4) is 5.75 Å². The number of benzene rings is 1. The van der Waals surface area contributed by atoms with Gasteiger partial charge in [-0.3, -0.25) is 9.48 Å². The van der Waals surface area contributed by atoms with E-state index in [9.17, 15) is 4.79 Å². The second kappa shape index (κ2) is 6.71. The lowest BCUT2D eigenvalue weighted by Crippen LogP contribution is -2.21. The SMILES string of the molecule is Cc1c(NC(=O)C2=Cc3ccccc3OC=C2)c(N2CCCC2)nn1C. The predicted molar refractivity (Wildman–Crippen MR) is 102 cm³/mol. The Kier molecular flexibility index (Phi) is 4.24. The summed E-state index contributed by atoms with van der Waals surface area (Å²) in [6, 6.07) is 7.65. The second-order valence-corrected chi connectivity index (χ2v) is 6.61. The van der Waals surface area contributed by atoms with Gasteiger partial charge in [-0.2, -0.15) is 5.10 Å². The summed E-state index contributed by atoms with van der Waals surface area (Å²) in [4.78, 5) is 15.2. The standard InChI is InChI=1S/C20H22N4O2/c1-14-18(19(22-23(14)2)24-10-5-6-11-24)21-20(25)16-9-12-26-17-8-4-3-7-15(17)13-16/h3-4,7-9,12-13H,5-6,10-11H2,1-2H3,(H,21,25). The first-order valence-corrected chi connectivity index (χ1v) is 8.87. The van der Waals surface area contributed by atoms with E-state index in [-0.39, 0.29) is 5.91 Å². The molecule has 0 saturated carbocycles. The molecular weight excluding hydrogens is 328 g/mol. The van der Waals surface area contributed by atoms with Crippen molar-refractivity contribution in [1.82, 2.24) is 9.78 Å². The summed E-state index contributed by atoms with van der Waals surface area (Å²) in [6.45, 7) is 3.92. The number of nitrogens with zero attached hydrogens (tertiary/aromatic N) is 3. The molecule has 0 unspecified atom stereocenters. The maximum Gasteiger partial charge on any atom is 0.255 e. The molecule has 3 heterocycles. The number of nitrogens with one attached hydrogen (secondary N) is 1. The van der Waals surface area contributed by atoms with Gasteiger partial charge in [0.1, 0.15) is 11.4 Å². The zero-order chi connectivity index (χ0) is 18.1. The summed E-state index contributed by atoms with van der Waals surface area (Å²) in [5.41, 5.74) is 3.15. The summed E-state index contributed by atoms with van der Waals surface area (Å²) in [5.74, 6) is 1.42. The van der Waals surface area contributed by atoms with Crippen molar-refractivity contribution >= 4 is 23.5 Å². The Bertz CT molecular complexity index is 905. The number of fused-ring (bicyclic) bond motifs is 1. The molecular formula is C20H22N4O2. The van der Waals surface area contributed by atoms with Crippen molar-refractivity contribution in [1.29, 1.82) is 0 Å². The van der Waals surface area contributed by atoms with E-state index in [4.69, 9.17) is 4.74 Å². The number of hydrogen-bond acceptors (Lipinski definition) is 4. The quantitative estimate of drug-likeness (QED) is 0.923. The van der Waals surface area contributed by atoms with Crippen LogP contribution in [0, 0.1) is 6.92 Å². The summed E-state index contributed by atoms with van der Waals surface area (Å²) >= 11 is 0. The van der Waals surface area contributed by atoms with Crippen molar-refractivity contribution < 1.29 is 9.53 Å². The van der Waals surface area contributed by atoms with Crippen LogP contribution in [-0.4, -0.2) is 28.8 Å². The van der Waals surface area contributed by atoms with Gasteiger partial charge in [-0.05, 0) is 38.0 Å². The lowest BCUT2D eigenvalue weighted by atomic mass is 10.1. The molecule has 6 nitrogen and oxygen atoms in total. The average molecular weight is 350 g/mol. The molecule has 2 aliphatic rings. The van der Waals surface area contributed by atoms with Gasteiger partial charge in [-0.1, -0.05) is 18.2 Å². The number of carbonyl (C=O) groups excluding carboxylic acids is 1. The van der Waals surface area contributed by atoms with E-state index in [0.717, 1.165) is 54.4 Å². The molecule has 0 spiro atoms. The average Bonchev–Trinajstić information content (AvgIpc) is 3.19. The van der Waals surface area contributed by atoms with E-state index in [1.807, 2.05) is 49.0 Å². The molecule has 1 aromatic heterocycles. The maximum absolute atomic E-state index is 12.9. The number of aryl methyl sites for hydroxylation is 1. The number of ether oxygens (including phenoxy) is 1. The third kappa shape index (κ3) is 2.98. The fraction of sp³-hybridized carbons (Fsp3) is 0.300. The molecule has 134 valence electrons. The first-order valence-electron chi connectivity index (χ1n) is 8.87. The fourth-order valence-corrected chi connectivity index (χ4v) is 3.32. The smallest absolute Gasteiger partial charge is 0.255 e. The molecule has 1 aromatic carbocycles. The zero-order valence-corrected chi connectivity index (χ0v) is 15.0. The third-order valence-electron chi connectivity index (χ3n) is 4.89. The summed E-state index contributed by atoms with van der Waals surface area (Å²) in [6.07, 6.45) is 7.40. The van der Waals surface area contributed by atoms with Gasteiger partial charge in [0.05, 0.1) is 12.0 Å². The molecule has 0 aliphatic carbocycles. The first-order chi connectivity index (χ1) is 12.6. The highest BCUT2D eigenvalue weighted by molar-refractivity contribution is 6.10. The van der Waals surface area contributed by atoms with E-state index in [1.54, 1.807) is 12.3 Å². The summed E-state index contributed by atoms with van der Waals surface area (Å²) < 4.78 is 7.39. The topological polar surface area (TPSA) is 59.4 Å². The number of carbonyl (C=O) groups is 1. The number of amides is 1. The fourth-order valence-electron chi connectivity index (χ4n) is 3.32. The molecule has 1 saturated heterocycles. The molecule has 0 bridgehead atoms. The van der Waals surface area contributed by atoms with Gasteiger partial charge in [0.2, 0.25) is 0 Å². The molecule has 2 aliphatic heterocycles. The van der Waals surface area contributed by atoms with Crippen LogP contribution >= 0.6 is 0 Å². The van der Waals surface area contributed by atoms with Crippen molar-refractivity contribution in [2.45, 2.75) is 19.8 Å². The van der Waals surface area contributed by atoms with Gasteiger partial charge in [-0.15, -0.1) is 0 Å². The molecule has 6 heteroatoms. The molecule has 1 fully saturated rings. The normalized spacial score (nSPS) is 15.9. The largest absolute Gasteiger partial charge is 0.464 e. The van der Waals surface area contributed by atoms with Crippen molar-refractivity contribution in [3.63, 3.8) is 0 Å². The molecule has 26 heavy (non-hydrogen) atoms. The van der Waals surface area contributed by atoms with Gasteiger partial charge >= 0.3 is 0 Å². The monoisotopic (exact) mass is 350 g/mol. The van der Waals surface area contributed by atoms with Crippen molar-refractivity contribution in [3.05, 3.63) is 53.4 Å². The van der Waals surface area contributed by atoms with E-state index in [0.29, 0.717) is 5.57 Å². The second-order valence-electron chi connectivity index (χ2n) is 6.61. The van der Waals surface area contributed by atoms with Crippen molar-refractivity contribution in [2.75, 3.05) is 23.3 Å². The molecule has 2 aromatic rings. The molecule has 1 amide bonds. The van der Waals surface area contributed by atoms with Crippen LogP contribution in [0.2, 0.25) is 0 Å². The van der Waals surface area contributed by atoms with Gasteiger partial charge in [0.25, 0.3) is 5.91 Å². The Balaban J connectivity index is 1.64. The Morgan fingerprint density at radius 2 is 2.00 bits per heavy atom. The van der Waals surface area contributed by atoms with E-state index in [1.165, 1.54) is 0 Å². The molecule has 0 radical (unpaired) electrons. The number of hydrogen-bond donors (Lipinski definition) is 1. The zero-order valence-electron chi connectivity index (χ0n) is 15.0. The highest BCUT2D eigenvalue weighted by Crippen LogP contribution is 2.31. The Morgan fingerprint density at radius 3 is 2.81 bits per heavy atom. The minimum atomic E-state index is -0.168. The van der Waals surface area contributed by atoms with E-state index in [2.05, 4.69) is 15.3 Å². The number of para-hydroxylation sites is 1. The Labute approximate surface area is 152 Å². The lowest BCUT2D eigenvalue weighted by molar-refractivity contribution is -0.112. The minimum absolute atomic E-state index is 0.168. The predicted octanol–water partition coefficient (Wildman–Crippen LogP) is 3.26. The third-order valence-corrected chi connectivity index (χ3v) is 4.89. The highest BCUT2D eigenvalue weighted by Gasteiger charge is 2.24. The number of rotatable bonds is 3. The lowest BCUT2D eigenvalue weighted by Gasteiger charge is -2.16. The van der Waals surface area contributed by atoms with Crippen LogP contribution in [-0.2, 0) is 11.8 Å². The Hall–Kier alpha value is -3.02.